The van der Waals surface area contributed by atoms with E-state index in [-0.39, 0.29) is 0 Å². The van der Waals surface area contributed by atoms with Crippen LogP contribution in [0.5, 0.6) is 11.5 Å². The van der Waals surface area contributed by atoms with E-state index in [0.29, 0.717) is 6.79 Å². The zero-order chi connectivity index (χ0) is 9.47. The fourth-order valence-corrected chi connectivity index (χ4v) is 3.77. The first-order chi connectivity index (χ1) is 6.07. The molecule has 0 saturated carbocycles. The van der Waals surface area contributed by atoms with Gasteiger partial charge in [0.2, 0.25) is 0 Å². The van der Waals surface area contributed by atoms with Crippen LogP contribution in [0.1, 0.15) is 0 Å². The Hall–Kier alpha value is -0.637. The Morgan fingerprint density at radius 3 is 2.46 bits per heavy atom. The SMILES string of the molecule is [CH3][Ge]([CH3])([CH3])[c]1ccc2c(c1)OCO2. The van der Waals surface area contributed by atoms with Crippen LogP contribution in [-0.2, 0) is 0 Å². The number of hydrogen-bond acceptors (Lipinski definition) is 2. The van der Waals surface area contributed by atoms with Gasteiger partial charge in [-0.15, -0.1) is 0 Å². The Labute approximate surface area is 81.2 Å². The van der Waals surface area contributed by atoms with E-state index in [4.69, 9.17) is 9.47 Å². The molecule has 0 aliphatic carbocycles. The number of fused-ring (bicyclic) bond motifs is 1. The topological polar surface area (TPSA) is 18.5 Å². The molecule has 1 aromatic carbocycles. The third kappa shape index (κ3) is 1.68. The van der Waals surface area contributed by atoms with Crippen LogP contribution < -0.4 is 13.9 Å². The summed E-state index contributed by atoms with van der Waals surface area (Å²) in [4.78, 5) is 0. The first kappa shape index (κ1) is 8.94. The van der Waals surface area contributed by atoms with Gasteiger partial charge in [0.1, 0.15) is 0 Å². The van der Waals surface area contributed by atoms with Crippen molar-refractivity contribution >= 4 is 17.7 Å². The summed E-state index contributed by atoms with van der Waals surface area (Å²) in [6.07, 6.45) is 0. The molecule has 70 valence electrons. The van der Waals surface area contributed by atoms with Crippen LogP contribution in [0.2, 0.25) is 17.3 Å². The van der Waals surface area contributed by atoms with Gasteiger partial charge < -0.3 is 0 Å². The van der Waals surface area contributed by atoms with E-state index in [9.17, 15) is 0 Å². The van der Waals surface area contributed by atoms with Gasteiger partial charge in [-0.2, -0.15) is 0 Å². The minimum atomic E-state index is -1.69. The fourth-order valence-electron chi connectivity index (χ4n) is 1.36. The number of ether oxygens (including phenoxy) is 2. The first-order valence-electron chi connectivity index (χ1n) is 4.47. The molecule has 0 atom stereocenters. The van der Waals surface area contributed by atoms with Crippen molar-refractivity contribution in [3.63, 3.8) is 0 Å². The zero-order valence-corrected chi connectivity index (χ0v) is 10.4. The minimum absolute atomic E-state index is 0.371. The normalized spacial score (nSPS) is 14.7. The molecule has 0 bridgehead atoms. The molecule has 3 heteroatoms. The van der Waals surface area contributed by atoms with Crippen molar-refractivity contribution in [2.45, 2.75) is 17.3 Å². The average molecular weight is 239 g/mol. The molecule has 2 rings (SSSR count). The summed E-state index contributed by atoms with van der Waals surface area (Å²) in [5.74, 6) is 8.92. The van der Waals surface area contributed by atoms with Crippen LogP contribution >= 0.6 is 0 Å². The number of hydrogen-bond donors (Lipinski definition) is 0. The van der Waals surface area contributed by atoms with Gasteiger partial charge in [-0.1, -0.05) is 0 Å². The van der Waals surface area contributed by atoms with Crippen LogP contribution in [-0.4, -0.2) is 20.1 Å². The van der Waals surface area contributed by atoms with Crippen molar-refractivity contribution in [2.24, 2.45) is 0 Å². The quantitative estimate of drug-likeness (QED) is 0.697. The summed E-state index contributed by atoms with van der Waals surface area (Å²) in [6, 6.07) is 6.34. The Balaban J connectivity index is 2.42. The zero-order valence-electron chi connectivity index (χ0n) is 8.26. The van der Waals surface area contributed by atoms with Gasteiger partial charge in [0.15, 0.2) is 0 Å². The van der Waals surface area contributed by atoms with Gasteiger partial charge in [0, 0.05) is 0 Å². The monoisotopic (exact) mass is 240 g/mol. The second-order valence-electron chi connectivity index (χ2n) is 4.32. The molecule has 0 spiro atoms. The van der Waals surface area contributed by atoms with Gasteiger partial charge >= 0.3 is 80.9 Å². The summed E-state index contributed by atoms with van der Waals surface area (Å²) in [6.45, 7) is 0.371. The molecule has 1 aromatic rings. The van der Waals surface area contributed by atoms with Crippen LogP contribution in [0.15, 0.2) is 18.2 Å². The van der Waals surface area contributed by atoms with E-state index in [0.717, 1.165) is 11.5 Å². The Morgan fingerprint density at radius 2 is 1.77 bits per heavy atom. The van der Waals surface area contributed by atoms with Crippen molar-refractivity contribution in [3.05, 3.63) is 18.2 Å². The van der Waals surface area contributed by atoms with Crippen LogP contribution in [0.4, 0.5) is 0 Å². The van der Waals surface area contributed by atoms with Gasteiger partial charge in [0.05, 0.1) is 0 Å². The molecule has 0 saturated heterocycles. The number of benzene rings is 1. The Morgan fingerprint density at radius 1 is 1.08 bits per heavy atom. The van der Waals surface area contributed by atoms with E-state index in [1.165, 1.54) is 4.40 Å². The molecule has 13 heavy (non-hydrogen) atoms. The van der Waals surface area contributed by atoms with Crippen molar-refractivity contribution in [3.8, 4) is 11.5 Å². The molecule has 2 nitrogen and oxygen atoms in total. The molecular weight excluding hydrogens is 225 g/mol. The van der Waals surface area contributed by atoms with Gasteiger partial charge in [-0.3, -0.25) is 0 Å². The van der Waals surface area contributed by atoms with Gasteiger partial charge in [-0.05, 0) is 0 Å². The van der Waals surface area contributed by atoms with Gasteiger partial charge in [0.25, 0.3) is 0 Å². The summed E-state index contributed by atoms with van der Waals surface area (Å²) >= 11 is -1.69. The second kappa shape index (κ2) is 2.94. The first-order valence-corrected chi connectivity index (χ1v) is 11.8. The number of rotatable bonds is 1. The predicted molar refractivity (Wildman–Crippen MR) is 55.5 cm³/mol. The molecule has 0 aromatic heterocycles. The van der Waals surface area contributed by atoms with E-state index in [1.807, 2.05) is 6.07 Å². The third-order valence-corrected chi connectivity index (χ3v) is 6.53. The molecule has 0 amide bonds. The summed E-state index contributed by atoms with van der Waals surface area (Å²) < 4.78 is 12.1. The van der Waals surface area contributed by atoms with Crippen LogP contribution in [0.3, 0.4) is 0 Å². The van der Waals surface area contributed by atoms with E-state index in [2.05, 4.69) is 29.4 Å². The van der Waals surface area contributed by atoms with Crippen molar-refractivity contribution < 1.29 is 9.47 Å². The molecule has 0 radical (unpaired) electrons. The molecular formula is C10H14GeO2. The molecule has 0 unspecified atom stereocenters. The van der Waals surface area contributed by atoms with Crippen molar-refractivity contribution in [1.82, 2.24) is 0 Å². The standard InChI is InChI=1S/C10H14GeO2/c1-11(2,3)8-4-5-9-10(6-8)13-7-12-9/h4-6H,7H2,1-3H3. The van der Waals surface area contributed by atoms with Crippen molar-refractivity contribution in [1.29, 1.82) is 0 Å². The molecule has 1 aliphatic heterocycles. The predicted octanol–water partition coefficient (Wildman–Crippen LogP) is 1.96. The average Bonchev–Trinajstić information content (AvgIpc) is 2.47. The summed E-state index contributed by atoms with van der Waals surface area (Å²) in [5, 5.41) is 0. The van der Waals surface area contributed by atoms with Crippen molar-refractivity contribution in [2.75, 3.05) is 6.79 Å². The maximum absolute atomic E-state index is 5.34. The third-order valence-electron chi connectivity index (χ3n) is 2.24. The maximum atomic E-state index is 5.34. The molecule has 1 aliphatic rings. The summed E-state index contributed by atoms with van der Waals surface area (Å²) in [7, 11) is 0. The fraction of sp³-hybridized carbons (Fsp3) is 0.400. The van der Waals surface area contributed by atoms with E-state index in [1.54, 1.807) is 0 Å². The van der Waals surface area contributed by atoms with E-state index < -0.39 is 13.3 Å². The van der Waals surface area contributed by atoms with Crippen LogP contribution in [0.25, 0.3) is 0 Å². The molecule has 0 N–H and O–H groups in total. The summed E-state index contributed by atoms with van der Waals surface area (Å²) in [5.41, 5.74) is 0. The molecule has 0 fully saturated rings. The molecule has 1 heterocycles. The van der Waals surface area contributed by atoms with Gasteiger partial charge in [-0.25, -0.2) is 0 Å². The second-order valence-corrected chi connectivity index (χ2v) is 15.0. The Bertz CT molecular complexity index is 328. The van der Waals surface area contributed by atoms with E-state index >= 15 is 0 Å². The Kier molecular flexibility index (Phi) is 2.02. The van der Waals surface area contributed by atoms with Crippen LogP contribution in [0, 0.1) is 0 Å².